The van der Waals surface area contributed by atoms with Crippen LogP contribution in [0.3, 0.4) is 0 Å². The Morgan fingerprint density at radius 2 is 1.15 bits per heavy atom. The number of nitrogens with one attached hydrogen (secondary N) is 1. The monoisotopic (exact) mass is 409 g/mol. The van der Waals surface area contributed by atoms with Crippen LogP contribution < -0.4 is 4.72 Å². The average molecular weight is 410 g/mol. The zero-order chi connectivity index (χ0) is 20.3. The van der Waals surface area contributed by atoms with E-state index in [2.05, 4.69) is 4.72 Å². The highest BCUT2D eigenvalue weighted by molar-refractivity contribution is 7.92. The molecule has 0 radical (unpaired) electrons. The maximum absolute atomic E-state index is 12.3. The maximum atomic E-state index is 12.3. The Kier molecular flexibility index (Phi) is 6.37. The van der Waals surface area contributed by atoms with Crippen LogP contribution in [0.15, 0.2) is 48.5 Å². The third-order valence-electron chi connectivity index (χ3n) is 4.27. The van der Waals surface area contributed by atoms with Gasteiger partial charge in [-0.3, -0.25) is 4.72 Å². The summed E-state index contributed by atoms with van der Waals surface area (Å²) in [6, 6.07) is 15.0. The zero-order valence-electron chi connectivity index (χ0n) is 16.2. The van der Waals surface area contributed by atoms with Crippen molar-refractivity contribution in [3.05, 3.63) is 65.2 Å². The van der Waals surface area contributed by atoms with Crippen LogP contribution in [0.5, 0.6) is 0 Å². The van der Waals surface area contributed by atoms with E-state index in [0.29, 0.717) is 5.69 Å². The van der Waals surface area contributed by atoms with Crippen molar-refractivity contribution in [2.75, 3.05) is 11.0 Å². The summed E-state index contributed by atoms with van der Waals surface area (Å²) in [4.78, 5) is 0. The number of sulfonamides is 1. The van der Waals surface area contributed by atoms with Gasteiger partial charge in [0.05, 0.1) is 16.8 Å². The normalized spacial score (nSPS) is 12.7. The van der Waals surface area contributed by atoms with Crippen LogP contribution >= 0.6 is 0 Å². The topological polar surface area (TPSA) is 80.3 Å². The molecule has 0 aliphatic rings. The molecule has 0 spiro atoms. The van der Waals surface area contributed by atoms with Crippen molar-refractivity contribution < 1.29 is 16.8 Å². The predicted octanol–water partition coefficient (Wildman–Crippen LogP) is 3.56. The van der Waals surface area contributed by atoms with Crippen LogP contribution in [0.2, 0.25) is 0 Å². The van der Waals surface area contributed by atoms with E-state index in [4.69, 9.17) is 0 Å². The van der Waals surface area contributed by atoms with Gasteiger partial charge in [-0.05, 0) is 62.4 Å². The van der Waals surface area contributed by atoms with E-state index in [0.717, 1.165) is 35.8 Å². The SMILES string of the molecule is CC(C)(C)S(=O)(=O)Cc1ccc(CCc2ccc(NS(C)(=O)=O)cc2)cc1. The summed E-state index contributed by atoms with van der Waals surface area (Å²) in [7, 11) is -6.45. The van der Waals surface area contributed by atoms with E-state index < -0.39 is 24.6 Å². The van der Waals surface area contributed by atoms with Crippen molar-refractivity contribution in [2.45, 2.75) is 44.1 Å². The van der Waals surface area contributed by atoms with Gasteiger partial charge in [0, 0.05) is 5.69 Å². The quantitative estimate of drug-likeness (QED) is 0.758. The van der Waals surface area contributed by atoms with E-state index in [1.807, 2.05) is 36.4 Å². The Labute approximate surface area is 162 Å². The Morgan fingerprint density at radius 3 is 1.56 bits per heavy atom. The summed E-state index contributed by atoms with van der Waals surface area (Å²) in [5.74, 6) is 0.0472. The van der Waals surface area contributed by atoms with Crippen molar-refractivity contribution in [1.82, 2.24) is 0 Å². The van der Waals surface area contributed by atoms with Crippen LogP contribution in [0.4, 0.5) is 5.69 Å². The second-order valence-electron chi connectivity index (χ2n) is 7.76. The molecule has 0 saturated heterocycles. The highest BCUT2D eigenvalue weighted by Gasteiger charge is 2.28. The van der Waals surface area contributed by atoms with Crippen LogP contribution in [0.1, 0.15) is 37.5 Å². The summed E-state index contributed by atoms with van der Waals surface area (Å²) >= 11 is 0. The Bertz CT molecular complexity index is 970. The summed E-state index contributed by atoms with van der Waals surface area (Å²) in [5, 5.41) is 0. The van der Waals surface area contributed by atoms with E-state index in [9.17, 15) is 16.8 Å². The lowest BCUT2D eigenvalue weighted by molar-refractivity contribution is 0.559. The molecule has 0 bridgehead atoms. The van der Waals surface area contributed by atoms with Gasteiger partial charge >= 0.3 is 0 Å². The molecule has 5 nitrogen and oxygen atoms in total. The summed E-state index contributed by atoms with van der Waals surface area (Å²) in [6.45, 7) is 5.15. The first kappa shape index (κ1) is 21.4. The summed E-state index contributed by atoms with van der Waals surface area (Å²) < 4.78 is 48.7. The Morgan fingerprint density at radius 1 is 0.741 bits per heavy atom. The van der Waals surface area contributed by atoms with Crippen molar-refractivity contribution in [3.63, 3.8) is 0 Å². The molecular weight excluding hydrogens is 382 g/mol. The van der Waals surface area contributed by atoms with Crippen LogP contribution in [0.25, 0.3) is 0 Å². The zero-order valence-corrected chi connectivity index (χ0v) is 17.8. The van der Waals surface area contributed by atoms with Gasteiger partial charge in [0.2, 0.25) is 10.0 Å². The fourth-order valence-corrected chi connectivity index (χ4v) is 4.11. The van der Waals surface area contributed by atoms with E-state index >= 15 is 0 Å². The number of anilines is 1. The van der Waals surface area contributed by atoms with Gasteiger partial charge in [-0.1, -0.05) is 36.4 Å². The fraction of sp³-hybridized carbons (Fsp3) is 0.400. The minimum absolute atomic E-state index is 0.0472. The fourth-order valence-electron chi connectivity index (χ4n) is 2.48. The first-order valence-electron chi connectivity index (χ1n) is 8.73. The molecule has 2 aromatic carbocycles. The molecule has 0 heterocycles. The van der Waals surface area contributed by atoms with Gasteiger partial charge in [0.15, 0.2) is 9.84 Å². The molecule has 0 amide bonds. The molecule has 0 unspecified atom stereocenters. The molecule has 7 heteroatoms. The predicted molar refractivity (Wildman–Crippen MR) is 111 cm³/mol. The Balaban J connectivity index is 1.95. The first-order valence-corrected chi connectivity index (χ1v) is 12.3. The lowest BCUT2D eigenvalue weighted by Gasteiger charge is -2.19. The third-order valence-corrected chi connectivity index (χ3v) is 7.46. The van der Waals surface area contributed by atoms with Crippen molar-refractivity contribution in [3.8, 4) is 0 Å². The summed E-state index contributed by atoms with van der Waals surface area (Å²) in [6.07, 6.45) is 2.77. The number of benzene rings is 2. The lowest BCUT2D eigenvalue weighted by Crippen LogP contribution is -2.29. The second-order valence-corrected chi connectivity index (χ2v) is 12.3. The van der Waals surface area contributed by atoms with Gasteiger partial charge in [0.25, 0.3) is 0 Å². The van der Waals surface area contributed by atoms with E-state index in [1.54, 1.807) is 32.9 Å². The van der Waals surface area contributed by atoms with Crippen molar-refractivity contribution in [2.24, 2.45) is 0 Å². The minimum Gasteiger partial charge on any atom is -0.284 e. The van der Waals surface area contributed by atoms with Crippen LogP contribution in [0, 0.1) is 0 Å². The third kappa shape index (κ3) is 6.66. The number of rotatable bonds is 7. The molecule has 0 saturated carbocycles. The summed E-state index contributed by atoms with van der Waals surface area (Å²) in [5.41, 5.74) is 3.58. The molecule has 1 N–H and O–H groups in total. The molecule has 2 rings (SSSR count). The minimum atomic E-state index is -3.26. The average Bonchev–Trinajstić information content (AvgIpc) is 2.53. The molecule has 0 aliphatic carbocycles. The number of sulfone groups is 1. The van der Waals surface area contributed by atoms with E-state index in [-0.39, 0.29) is 5.75 Å². The van der Waals surface area contributed by atoms with Crippen LogP contribution in [-0.4, -0.2) is 27.8 Å². The van der Waals surface area contributed by atoms with Gasteiger partial charge in [-0.25, -0.2) is 16.8 Å². The van der Waals surface area contributed by atoms with Gasteiger partial charge in [-0.15, -0.1) is 0 Å². The first-order chi connectivity index (χ1) is 12.4. The molecule has 2 aromatic rings. The standard InChI is InChI=1S/C20H27NO4S2/c1-20(2,3)27(24,25)15-18-9-7-16(8-10-18)5-6-17-11-13-19(14-12-17)21-26(4,22)23/h7-14,21H,5-6,15H2,1-4H3. The number of hydrogen-bond acceptors (Lipinski definition) is 4. The van der Waals surface area contributed by atoms with Crippen molar-refractivity contribution >= 4 is 25.5 Å². The largest absolute Gasteiger partial charge is 0.284 e. The molecule has 0 aliphatic heterocycles. The molecular formula is C20H27NO4S2. The molecule has 0 aromatic heterocycles. The molecule has 0 fully saturated rings. The van der Waals surface area contributed by atoms with E-state index in [1.165, 1.54) is 0 Å². The number of hydrogen-bond donors (Lipinski definition) is 1. The molecule has 148 valence electrons. The Hall–Kier alpha value is -1.86. The smallest absolute Gasteiger partial charge is 0.229 e. The highest BCUT2D eigenvalue weighted by atomic mass is 32.2. The highest BCUT2D eigenvalue weighted by Crippen LogP contribution is 2.21. The maximum Gasteiger partial charge on any atom is 0.229 e. The molecule has 27 heavy (non-hydrogen) atoms. The van der Waals surface area contributed by atoms with Gasteiger partial charge < -0.3 is 0 Å². The van der Waals surface area contributed by atoms with Crippen molar-refractivity contribution in [1.29, 1.82) is 0 Å². The molecule has 0 atom stereocenters. The lowest BCUT2D eigenvalue weighted by atomic mass is 10.0. The van der Waals surface area contributed by atoms with Gasteiger partial charge in [-0.2, -0.15) is 0 Å². The second kappa shape index (κ2) is 8.02. The number of aryl methyl sites for hydroxylation is 2. The van der Waals surface area contributed by atoms with Gasteiger partial charge in [0.1, 0.15) is 0 Å². The van der Waals surface area contributed by atoms with Crippen LogP contribution in [-0.2, 0) is 38.5 Å².